The van der Waals surface area contributed by atoms with E-state index in [0.717, 1.165) is 59.5 Å². The Labute approximate surface area is 456 Å². The average Bonchev–Trinajstić information content (AvgIpc) is 4.06. The standard InChI is InChI=1S/C36H37N5O5.C23H21N3O6S/c1-25(35(43)45-24-26-7-3-2-4-8-26)40-19-17-39(18-20-40)22-32-23-41(36(44)46-32)31-15-13-28(14-16-31)33(37)38-34(42)30-12-11-27-9-5-6-10-29(27)21-30;1-33(29,30)31-14-20-13-26(23(28)32-20)19-10-8-16(9-11-19)21(24)25-22(27)18-7-6-15-4-2-3-5-17(15)12-18/h2-16,21,25,32H,17-20,22-24H2,1H3,(H2,37,38,42);2-12,20H,13-14H2,1H3,(H2,24,25,27). The lowest BCUT2D eigenvalue weighted by molar-refractivity contribution is -0.151. The van der Waals surface area contributed by atoms with Gasteiger partial charge < -0.3 is 24.8 Å². The number of benzene rings is 7. The highest BCUT2D eigenvalue weighted by Gasteiger charge is 2.36. The second-order valence-electron chi connectivity index (χ2n) is 19.2. The number of hydrogen-bond acceptors (Lipinski definition) is 15. The smallest absolute Gasteiger partial charge is 0.414 e. The highest BCUT2D eigenvalue weighted by atomic mass is 32.2. The second-order valence-corrected chi connectivity index (χ2v) is 20.8. The van der Waals surface area contributed by atoms with E-state index in [4.69, 9.17) is 29.2 Å². The molecule has 7 aromatic carbocycles. The van der Waals surface area contributed by atoms with Gasteiger partial charge in [-0.05, 0) is 107 Å². The second kappa shape index (κ2) is 24.7. The van der Waals surface area contributed by atoms with Gasteiger partial charge in [-0.1, -0.05) is 91.0 Å². The van der Waals surface area contributed by atoms with E-state index in [1.54, 1.807) is 77.7 Å². The van der Waals surface area contributed by atoms with Crippen LogP contribution >= 0.6 is 0 Å². The zero-order chi connectivity index (χ0) is 55.6. The molecule has 20 heteroatoms. The molecule has 3 atom stereocenters. The number of hydrogen-bond donors (Lipinski definition) is 4. The Morgan fingerprint density at radius 1 is 0.595 bits per heavy atom. The van der Waals surface area contributed by atoms with E-state index in [1.807, 2.05) is 97.9 Å². The first-order valence-electron chi connectivity index (χ1n) is 25.5. The summed E-state index contributed by atoms with van der Waals surface area (Å²) in [5.74, 6) is -1.09. The van der Waals surface area contributed by atoms with E-state index in [9.17, 15) is 32.4 Å². The molecule has 3 aliphatic rings. The van der Waals surface area contributed by atoms with Gasteiger partial charge in [0, 0.05) is 66.4 Å². The molecule has 4 amide bonds. The van der Waals surface area contributed by atoms with Gasteiger partial charge in [-0.25, -0.2) is 9.59 Å². The minimum absolute atomic E-state index is 0.0236. The molecular weight excluding hydrogens is 1030 g/mol. The molecular formula is C59H58N8O11S. The molecule has 4 N–H and O–H groups in total. The summed E-state index contributed by atoms with van der Waals surface area (Å²) in [4.78, 5) is 70.2. The number of amides is 4. The molecule has 79 heavy (non-hydrogen) atoms. The summed E-state index contributed by atoms with van der Waals surface area (Å²) >= 11 is 0. The van der Waals surface area contributed by atoms with Crippen LogP contribution in [0.1, 0.15) is 44.3 Å². The van der Waals surface area contributed by atoms with Gasteiger partial charge in [0.2, 0.25) is 0 Å². The van der Waals surface area contributed by atoms with Crippen molar-refractivity contribution in [3.05, 3.63) is 192 Å². The van der Waals surface area contributed by atoms with Gasteiger partial charge in [-0.2, -0.15) is 8.42 Å². The summed E-state index contributed by atoms with van der Waals surface area (Å²) in [5.41, 5.74) is 4.04. The Kier molecular flexibility index (Phi) is 17.2. The summed E-state index contributed by atoms with van der Waals surface area (Å²) in [5, 5.41) is 25.8. The average molecular weight is 1090 g/mol. The molecule has 0 aromatic heterocycles. The number of ether oxygens (including phenoxy) is 3. The Morgan fingerprint density at radius 2 is 1.04 bits per heavy atom. The zero-order valence-corrected chi connectivity index (χ0v) is 44.2. The number of anilines is 2. The normalized spacial score (nSPS) is 17.0. The highest BCUT2D eigenvalue weighted by Crippen LogP contribution is 2.26. The molecule has 3 saturated heterocycles. The van der Waals surface area contributed by atoms with E-state index in [-0.39, 0.29) is 55.5 Å². The van der Waals surface area contributed by atoms with Crippen molar-refractivity contribution in [3.8, 4) is 0 Å². The number of cyclic esters (lactones) is 2. The van der Waals surface area contributed by atoms with Crippen molar-refractivity contribution in [1.29, 1.82) is 10.8 Å². The molecule has 406 valence electrons. The predicted molar refractivity (Wildman–Crippen MR) is 299 cm³/mol. The van der Waals surface area contributed by atoms with Crippen LogP contribution in [0.4, 0.5) is 21.0 Å². The number of carbonyl (C=O) groups is 5. The molecule has 3 heterocycles. The van der Waals surface area contributed by atoms with Crippen LogP contribution in [0.15, 0.2) is 164 Å². The maximum Gasteiger partial charge on any atom is 0.414 e. The number of rotatable bonds is 15. The molecule has 0 saturated carbocycles. The molecule has 3 unspecified atom stereocenters. The minimum atomic E-state index is -3.64. The van der Waals surface area contributed by atoms with Crippen molar-refractivity contribution in [2.45, 2.75) is 31.8 Å². The van der Waals surface area contributed by atoms with Gasteiger partial charge in [0.25, 0.3) is 21.9 Å². The third kappa shape index (κ3) is 14.2. The maximum absolute atomic E-state index is 12.8. The number of esters is 1. The van der Waals surface area contributed by atoms with Gasteiger partial charge in [0.1, 0.15) is 43.1 Å². The lowest BCUT2D eigenvalue weighted by Crippen LogP contribution is -2.53. The van der Waals surface area contributed by atoms with E-state index in [1.165, 1.54) is 4.90 Å². The van der Waals surface area contributed by atoms with E-state index in [0.29, 0.717) is 46.7 Å². The van der Waals surface area contributed by atoms with Crippen molar-refractivity contribution in [3.63, 3.8) is 0 Å². The Bertz CT molecular complexity index is 3520. The monoisotopic (exact) mass is 1090 g/mol. The molecule has 3 fully saturated rings. The Hall–Kier alpha value is -8.82. The fourth-order valence-electron chi connectivity index (χ4n) is 9.26. The topological polar surface area (TPSA) is 241 Å². The van der Waals surface area contributed by atoms with E-state index >= 15 is 0 Å². The van der Waals surface area contributed by atoms with Crippen LogP contribution in [0.25, 0.3) is 21.5 Å². The number of amidine groups is 2. The Morgan fingerprint density at radius 3 is 1.53 bits per heavy atom. The minimum Gasteiger partial charge on any atom is -0.460 e. The molecule has 0 spiro atoms. The molecule has 10 rings (SSSR count). The highest BCUT2D eigenvalue weighted by molar-refractivity contribution is 7.86. The maximum atomic E-state index is 12.8. The largest absolute Gasteiger partial charge is 0.460 e. The van der Waals surface area contributed by atoms with Gasteiger partial charge in [-0.3, -0.25) is 49.0 Å². The number of nitrogens with one attached hydrogen (secondary N) is 4. The quantitative estimate of drug-likeness (QED) is 0.0255. The number of fused-ring (bicyclic) bond motifs is 2. The molecule has 0 bridgehead atoms. The predicted octanol–water partition coefficient (Wildman–Crippen LogP) is 7.57. The number of carbonyl (C=O) groups excluding carboxylic acids is 5. The summed E-state index contributed by atoms with van der Waals surface area (Å²) in [6, 6.07) is 48.9. The van der Waals surface area contributed by atoms with Crippen LogP contribution in [0.2, 0.25) is 0 Å². The summed E-state index contributed by atoms with van der Waals surface area (Å²) in [6.07, 6.45) is -1.11. The van der Waals surface area contributed by atoms with Gasteiger partial charge >= 0.3 is 18.2 Å². The van der Waals surface area contributed by atoms with Crippen LogP contribution in [-0.2, 0) is 39.9 Å². The SMILES string of the molecule is CC(C(=O)OCc1ccccc1)N1CCN(CC2CN(c3ccc(C(=N)NC(=O)c4ccc5ccccc5c4)cc3)C(=O)O2)CC1.CS(=O)(=O)OCC1CN(c2ccc(C(=N)NC(=O)c3ccc4ccccc4c3)cc2)C(=O)O1. The molecule has 3 aliphatic heterocycles. The third-order valence-electron chi connectivity index (χ3n) is 13.6. The lowest BCUT2D eigenvalue weighted by atomic mass is 10.1. The van der Waals surface area contributed by atoms with Crippen molar-refractivity contribution in [2.75, 3.05) is 68.5 Å². The van der Waals surface area contributed by atoms with Gasteiger partial charge in [0.05, 0.1) is 19.3 Å². The number of piperazine rings is 1. The first kappa shape index (κ1) is 55.0. The van der Waals surface area contributed by atoms with Crippen LogP contribution in [0, 0.1) is 10.8 Å². The lowest BCUT2D eigenvalue weighted by Gasteiger charge is -2.37. The van der Waals surface area contributed by atoms with Crippen molar-refractivity contribution in [1.82, 2.24) is 20.4 Å². The summed E-state index contributed by atoms with van der Waals surface area (Å²) < 4.78 is 43.3. The van der Waals surface area contributed by atoms with Crippen molar-refractivity contribution >= 4 is 84.7 Å². The van der Waals surface area contributed by atoms with Gasteiger partial charge in [-0.15, -0.1) is 0 Å². The van der Waals surface area contributed by atoms with E-state index < -0.39 is 34.3 Å². The first-order chi connectivity index (χ1) is 38.0. The van der Waals surface area contributed by atoms with Crippen molar-refractivity contribution in [2.24, 2.45) is 0 Å². The zero-order valence-electron chi connectivity index (χ0n) is 43.4. The fraction of sp³-hybridized carbons (Fsp3) is 0.237. The third-order valence-corrected chi connectivity index (χ3v) is 14.2. The number of nitrogens with zero attached hydrogens (tertiary/aromatic N) is 4. The molecule has 0 radical (unpaired) electrons. The van der Waals surface area contributed by atoms with Crippen LogP contribution in [0.3, 0.4) is 0 Å². The molecule has 7 aromatic rings. The first-order valence-corrected chi connectivity index (χ1v) is 27.3. The van der Waals surface area contributed by atoms with Crippen LogP contribution in [-0.4, -0.2) is 137 Å². The summed E-state index contributed by atoms with van der Waals surface area (Å²) in [6.45, 7) is 5.98. The molecule has 0 aliphatic carbocycles. The van der Waals surface area contributed by atoms with Crippen LogP contribution in [0.5, 0.6) is 0 Å². The van der Waals surface area contributed by atoms with Gasteiger partial charge in [0.15, 0.2) is 0 Å². The molecule has 19 nitrogen and oxygen atoms in total. The van der Waals surface area contributed by atoms with Crippen LogP contribution < -0.4 is 20.4 Å². The van der Waals surface area contributed by atoms with E-state index in [2.05, 4.69) is 20.4 Å². The Balaban J connectivity index is 0.000000203. The fourth-order valence-corrected chi connectivity index (χ4v) is 9.66. The summed E-state index contributed by atoms with van der Waals surface area (Å²) in [7, 11) is -3.64. The van der Waals surface area contributed by atoms with Crippen molar-refractivity contribution < 1.29 is 50.8 Å².